The smallest absolute Gasteiger partial charge is 0.254 e. The van der Waals surface area contributed by atoms with E-state index >= 15 is 0 Å². The number of carbonyl (C=O) groups is 2. The Bertz CT molecular complexity index is 440. The third kappa shape index (κ3) is 1.70. The Hall–Kier alpha value is -1.84. The van der Waals surface area contributed by atoms with E-state index < -0.39 is 0 Å². The van der Waals surface area contributed by atoms with Gasteiger partial charge < -0.3 is 10.6 Å². The molecule has 2 rings (SSSR count). The average molecular weight is 204 g/mol. The quantitative estimate of drug-likeness (QED) is 0.679. The summed E-state index contributed by atoms with van der Waals surface area (Å²) in [7, 11) is 0. The summed E-state index contributed by atoms with van der Waals surface area (Å²) < 4.78 is 0. The second kappa shape index (κ2) is 3.38. The summed E-state index contributed by atoms with van der Waals surface area (Å²) in [4.78, 5) is 22.7. The predicted molar refractivity (Wildman–Crippen MR) is 57.0 cm³/mol. The van der Waals surface area contributed by atoms with Crippen LogP contribution in [0.3, 0.4) is 0 Å². The van der Waals surface area contributed by atoms with E-state index in [4.69, 9.17) is 0 Å². The molecule has 1 unspecified atom stereocenters. The highest BCUT2D eigenvalue weighted by Gasteiger charge is 2.20. The summed E-state index contributed by atoms with van der Waals surface area (Å²) in [6.07, 6.45) is -0.104. The maximum atomic E-state index is 11.5. The van der Waals surface area contributed by atoms with Gasteiger partial charge in [-0.3, -0.25) is 9.59 Å². The first-order chi connectivity index (χ1) is 7.08. The largest absolute Gasteiger partial charge is 0.365 e. The molecule has 0 fully saturated rings. The molecule has 0 spiro atoms. The van der Waals surface area contributed by atoms with Crippen molar-refractivity contribution in [2.75, 3.05) is 5.32 Å². The Morgan fingerprint density at radius 1 is 1.33 bits per heavy atom. The molecule has 2 N–H and O–H groups in total. The fourth-order valence-corrected chi connectivity index (χ4v) is 1.62. The van der Waals surface area contributed by atoms with Crippen molar-refractivity contribution in [3.8, 4) is 0 Å². The first-order valence-corrected chi connectivity index (χ1v) is 4.80. The maximum absolute atomic E-state index is 11.5. The van der Waals surface area contributed by atoms with Gasteiger partial charge >= 0.3 is 0 Å². The number of nitrogens with one attached hydrogen (secondary N) is 2. The SMILES string of the molecule is CC(=O)c1ccc2c(c1)NC(C)NC2=O. The minimum Gasteiger partial charge on any atom is -0.365 e. The molecule has 1 aromatic rings. The number of carbonyl (C=O) groups excluding carboxylic acids is 2. The van der Waals surface area contributed by atoms with Crippen LogP contribution in [0.5, 0.6) is 0 Å². The minimum absolute atomic E-state index is 0.00163. The third-order valence-corrected chi connectivity index (χ3v) is 2.39. The lowest BCUT2D eigenvalue weighted by Crippen LogP contribution is -2.42. The van der Waals surface area contributed by atoms with Crippen LogP contribution in [0.2, 0.25) is 0 Å². The number of fused-ring (bicyclic) bond motifs is 1. The number of anilines is 1. The van der Waals surface area contributed by atoms with Crippen LogP contribution in [0.25, 0.3) is 0 Å². The Morgan fingerprint density at radius 2 is 2.07 bits per heavy atom. The van der Waals surface area contributed by atoms with E-state index in [-0.39, 0.29) is 17.9 Å². The zero-order chi connectivity index (χ0) is 11.0. The number of ketones is 1. The molecule has 1 aliphatic rings. The van der Waals surface area contributed by atoms with E-state index in [0.717, 1.165) is 5.69 Å². The third-order valence-electron chi connectivity index (χ3n) is 2.39. The van der Waals surface area contributed by atoms with Crippen LogP contribution in [-0.2, 0) is 0 Å². The number of amides is 1. The van der Waals surface area contributed by atoms with Crippen molar-refractivity contribution in [1.82, 2.24) is 5.32 Å². The second-order valence-electron chi connectivity index (χ2n) is 3.66. The fourth-order valence-electron chi connectivity index (χ4n) is 1.62. The fraction of sp³-hybridized carbons (Fsp3) is 0.273. The van der Waals surface area contributed by atoms with Gasteiger partial charge in [0.1, 0.15) is 0 Å². The van der Waals surface area contributed by atoms with Gasteiger partial charge in [0.2, 0.25) is 0 Å². The van der Waals surface area contributed by atoms with Crippen molar-refractivity contribution in [2.24, 2.45) is 0 Å². The van der Waals surface area contributed by atoms with Crippen LogP contribution in [0.1, 0.15) is 34.6 Å². The van der Waals surface area contributed by atoms with Crippen LogP contribution < -0.4 is 10.6 Å². The lowest BCUT2D eigenvalue weighted by Gasteiger charge is -2.25. The van der Waals surface area contributed by atoms with E-state index in [0.29, 0.717) is 11.1 Å². The van der Waals surface area contributed by atoms with Crippen molar-refractivity contribution < 1.29 is 9.59 Å². The molecule has 0 aliphatic carbocycles. The van der Waals surface area contributed by atoms with Gasteiger partial charge in [0, 0.05) is 11.3 Å². The van der Waals surface area contributed by atoms with Gasteiger partial charge in [0.25, 0.3) is 5.91 Å². The zero-order valence-electron chi connectivity index (χ0n) is 8.63. The van der Waals surface area contributed by atoms with E-state index in [1.165, 1.54) is 6.92 Å². The summed E-state index contributed by atoms with van der Waals surface area (Å²) in [5.41, 5.74) is 1.92. The molecule has 0 saturated heterocycles. The van der Waals surface area contributed by atoms with E-state index in [1.807, 2.05) is 6.92 Å². The van der Waals surface area contributed by atoms with Gasteiger partial charge in [0.05, 0.1) is 11.7 Å². The van der Waals surface area contributed by atoms with Crippen molar-refractivity contribution >= 4 is 17.4 Å². The van der Waals surface area contributed by atoms with Gasteiger partial charge in [-0.1, -0.05) is 6.07 Å². The highest BCUT2D eigenvalue weighted by molar-refractivity contribution is 6.04. The molecular weight excluding hydrogens is 192 g/mol. The van der Waals surface area contributed by atoms with Crippen LogP contribution in [0.15, 0.2) is 18.2 Å². The lowest BCUT2D eigenvalue weighted by atomic mass is 10.0. The normalized spacial score (nSPS) is 18.8. The Labute approximate surface area is 87.7 Å². The van der Waals surface area contributed by atoms with E-state index in [9.17, 15) is 9.59 Å². The average Bonchev–Trinajstić information content (AvgIpc) is 2.16. The van der Waals surface area contributed by atoms with Crippen molar-refractivity contribution in [3.05, 3.63) is 29.3 Å². The molecule has 0 radical (unpaired) electrons. The van der Waals surface area contributed by atoms with Crippen LogP contribution in [0.4, 0.5) is 5.69 Å². The lowest BCUT2D eigenvalue weighted by molar-refractivity contribution is 0.0937. The molecule has 0 aromatic heterocycles. The monoisotopic (exact) mass is 204 g/mol. The van der Waals surface area contributed by atoms with Crippen molar-refractivity contribution in [2.45, 2.75) is 20.0 Å². The maximum Gasteiger partial charge on any atom is 0.254 e. The molecule has 78 valence electrons. The number of rotatable bonds is 1. The number of Topliss-reactive ketones (excluding diaryl/α,β-unsaturated/α-hetero) is 1. The van der Waals surface area contributed by atoms with Gasteiger partial charge in [0.15, 0.2) is 5.78 Å². The van der Waals surface area contributed by atoms with E-state index in [2.05, 4.69) is 10.6 Å². The summed E-state index contributed by atoms with van der Waals surface area (Å²) >= 11 is 0. The topological polar surface area (TPSA) is 58.2 Å². The summed E-state index contributed by atoms with van der Waals surface area (Å²) in [6, 6.07) is 5.05. The Morgan fingerprint density at radius 3 is 2.73 bits per heavy atom. The molecule has 1 atom stereocenters. The number of hydrogen-bond acceptors (Lipinski definition) is 3. The van der Waals surface area contributed by atoms with Crippen LogP contribution >= 0.6 is 0 Å². The van der Waals surface area contributed by atoms with Crippen LogP contribution in [-0.4, -0.2) is 17.9 Å². The molecule has 4 heteroatoms. The number of hydrogen-bond donors (Lipinski definition) is 2. The molecule has 1 aliphatic heterocycles. The highest BCUT2D eigenvalue weighted by atomic mass is 16.2. The first-order valence-electron chi connectivity index (χ1n) is 4.80. The molecule has 1 amide bonds. The van der Waals surface area contributed by atoms with Gasteiger partial charge in [-0.05, 0) is 26.0 Å². The first kappa shape index (κ1) is 9.71. The molecule has 4 nitrogen and oxygen atoms in total. The Kier molecular flexibility index (Phi) is 2.19. The summed E-state index contributed by atoms with van der Waals surface area (Å²) in [6.45, 7) is 3.36. The number of benzene rings is 1. The molecule has 15 heavy (non-hydrogen) atoms. The van der Waals surface area contributed by atoms with Gasteiger partial charge in [-0.15, -0.1) is 0 Å². The summed E-state index contributed by atoms with van der Waals surface area (Å²) in [5.74, 6) is -0.107. The molecular formula is C11H12N2O2. The minimum atomic E-state index is -0.105. The van der Waals surface area contributed by atoms with Crippen LogP contribution in [0, 0.1) is 0 Å². The summed E-state index contributed by atoms with van der Waals surface area (Å²) in [5, 5.41) is 5.85. The molecule has 0 bridgehead atoms. The zero-order valence-corrected chi connectivity index (χ0v) is 8.63. The van der Waals surface area contributed by atoms with E-state index in [1.54, 1.807) is 18.2 Å². The Balaban J connectivity index is 2.48. The molecule has 0 saturated carbocycles. The molecule has 1 heterocycles. The predicted octanol–water partition coefficient (Wildman–Crippen LogP) is 1.39. The highest BCUT2D eigenvalue weighted by Crippen LogP contribution is 2.21. The van der Waals surface area contributed by atoms with Gasteiger partial charge in [-0.25, -0.2) is 0 Å². The van der Waals surface area contributed by atoms with Crippen molar-refractivity contribution in [1.29, 1.82) is 0 Å². The standard InChI is InChI=1S/C11H12N2O2/c1-6(14)8-3-4-9-10(5-8)12-7(2)13-11(9)15/h3-5,7,12H,1-2H3,(H,13,15). The molecule has 1 aromatic carbocycles. The van der Waals surface area contributed by atoms with Crippen molar-refractivity contribution in [3.63, 3.8) is 0 Å². The van der Waals surface area contributed by atoms with Gasteiger partial charge in [-0.2, -0.15) is 0 Å². The second-order valence-corrected chi connectivity index (χ2v) is 3.66.